The van der Waals surface area contributed by atoms with Crippen molar-refractivity contribution in [3.05, 3.63) is 16.1 Å². The molecule has 0 saturated heterocycles. The summed E-state index contributed by atoms with van der Waals surface area (Å²) in [7, 11) is 2.01. The van der Waals surface area contributed by atoms with Crippen molar-refractivity contribution < 1.29 is 0 Å². The second-order valence-electron chi connectivity index (χ2n) is 4.80. The van der Waals surface area contributed by atoms with Crippen molar-refractivity contribution in [2.24, 2.45) is 0 Å². The Morgan fingerprint density at radius 1 is 1.31 bits per heavy atom. The Bertz CT molecular complexity index is 313. The molecule has 2 nitrogen and oxygen atoms in total. The van der Waals surface area contributed by atoms with E-state index in [1.807, 2.05) is 18.4 Å². The highest BCUT2D eigenvalue weighted by molar-refractivity contribution is 7.11. The SMILES string of the molecule is CNC(C)c1cnc(C2CCCCCC2)s1. The molecule has 0 amide bonds. The van der Waals surface area contributed by atoms with E-state index in [9.17, 15) is 0 Å². The minimum absolute atomic E-state index is 0.442. The molecule has 3 heteroatoms. The third-order valence-corrected chi connectivity index (χ3v) is 4.95. The van der Waals surface area contributed by atoms with E-state index in [2.05, 4.69) is 23.4 Å². The molecular weight excluding hydrogens is 216 g/mol. The number of hydrogen-bond donors (Lipinski definition) is 1. The van der Waals surface area contributed by atoms with Crippen LogP contribution in [0.1, 0.15) is 67.3 Å². The summed E-state index contributed by atoms with van der Waals surface area (Å²) in [6, 6.07) is 0.442. The van der Waals surface area contributed by atoms with Gasteiger partial charge in [0, 0.05) is 23.0 Å². The van der Waals surface area contributed by atoms with Gasteiger partial charge >= 0.3 is 0 Å². The van der Waals surface area contributed by atoms with Crippen LogP contribution in [0.5, 0.6) is 0 Å². The Morgan fingerprint density at radius 2 is 2.00 bits per heavy atom. The third kappa shape index (κ3) is 2.83. The zero-order valence-corrected chi connectivity index (χ0v) is 11.1. The first-order valence-electron chi connectivity index (χ1n) is 6.44. The van der Waals surface area contributed by atoms with Crippen molar-refractivity contribution in [3.63, 3.8) is 0 Å². The van der Waals surface area contributed by atoms with Crippen molar-refractivity contribution >= 4 is 11.3 Å². The van der Waals surface area contributed by atoms with Crippen LogP contribution in [0.15, 0.2) is 6.20 Å². The van der Waals surface area contributed by atoms with E-state index >= 15 is 0 Å². The minimum atomic E-state index is 0.442. The van der Waals surface area contributed by atoms with Crippen molar-refractivity contribution in [2.45, 2.75) is 57.4 Å². The van der Waals surface area contributed by atoms with E-state index in [0.29, 0.717) is 6.04 Å². The molecule has 1 heterocycles. The Kier molecular flexibility index (Phi) is 4.36. The summed E-state index contributed by atoms with van der Waals surface area (Å²) in [6.07, 6.45) is 10.4. The van der Waals surface area contributed by atoms with Gasteiger partial charge in [-0.05, 0) is 26.8 Å². The maximum absolute atomic E-state index is 4.63. The van der Waals surface area contributed by atoms with Crippen LogP contribution >= 0.6 is 11.3 Å². The van der Waals surface area contributed by atoms with Gasteiger partial charge in [0.2, 0.25) is 0 Å². The van der Waals surface area contributed by atoms with Crippen molar-refractivity contribution in [3.8, 4) is 0 Å². The van der Waals surface area contributed by atoms with Gasteiger partial charge in [0.25, 0.3) is 0 Å². The Morgan fingerprint density at radius 3 is 2.62 bits per heavy atom. The van der Waals surface area contributed by atoms with Gasteiger partial charge in [-0.2, -0.15) is 0 Å². The van der Waals surface area contributed by atoms with Crippen molar-refractivity contribution in [1.82, 2.24) is 10.3 Å². The molecule has 16 heavy (non-hydrogen) atoms. The molecule has 90 valence electrons. The molecule has 2 rings (SSSR count). The summed E-state index contributed by atoms with van der Waals surface area (Å²) in [5.74, 6) is 0.741. The quantitative estimate of drug-likeness (QED) is 0.809. The molecule has 0 bridgehead atoms. The first kappa shape index (κ1) is 12.1. The van der Waals surface area contributed by atoms with Gasteiger partial charge in [0.1, 0.15) is 0 Å². The summed E-state index contributed by atoms with van der Waals surface area (Å²) >= 11 is 1.91. The number of rotatable bonds is 3. The average molecular weight is 238 g/mol. The summed E-state index contributed by atoms with van der Waals surface area (Å²) in [4.78, 5) is 6.01. The van der Waals surface area contributed by atoms with E-state index in [0.717, 1.165) is 5.92 Å². The summed E-state index contributed by atoms with van der Waals surface area (Å²) in [5.41, 5.74) is 0. The lowest BCUT2D eigenvalue weighted by atomic mass is 10.0. The number of aromatic nitrogens is 1. The predicted octanol–water partition coefficient (Wildman–Crippen LogP) is 3.86. The summed E-state index contributed by atoms with van der Waals surface area (Å²) < 4.78 is 0. The third-order valence-electron chi connectivity index (χ3n) is 3.61. The predicted molar refractivity (Wildman–Crippen MR) is 70.0 cm³/mol. The second-order valence-corrected chi connectivity index (χ2v) is 5.89. The zero-order chi connectivity index (χ0) is 11.4. The molecular formula is C13H22N2S. The van der Waals surface area contributed by atoms with Crippen LogP contribution in [0.4, 0.5) is 0 Å². The first-order valence-corrected chi connectivity index (χ1v) is 7.26. The van der Waals surface area contributed by atoms with Crippen LogP contribution in [-0.2, 0) is 0 Å². The van der Waals surface area contributed by atoms with Gasteiger partial charge in [-0.3, -0.25) is 0 Å². The van der Waals surface area contributed by atoms with E-state index in [4.69, 9.17) is 0 Å². The van der Waals surface area contributed by atoms with Crippen molar-refractivity contribution in [2.75, 3.05) is 7.05 Å². The van der Waals surface area contributed by atoms with Gasteiger partial charge < -0.3 is 5.32 Å². The molecule has 1 saturated carbocycles. The van der Waals surface area contributed by atoms with Gasteiger partial charge in [0.15, 0.2) is 0 Å². The van der Waals surface area contributed by atoms with E-state index < -0.39 is 0 Å². The molecule has 1 atom stereocenters. The lowest BCUT2D eigenvalue weighted by molar-refractivity contribution is 0.589. The molecule has 1 N–H and O–H groups in total. The average Bonchev–Trinajstić information content (AvgIpc) is 2.64. The number of nitrogens with one attached hydrogen (secondary N) is 1. The minimum Gasteiger partial charge on any atom is -0.312 e. The molecule has 0 spiro atoms. The van der Waals surface area contributed by atoms with Crippen LogP contribution in [0, 0.1) is 0 Å². The monoisotopic (exact) mass is 238 g/mol. The summed E-state index contributed by atoms with van der Waals surface area (Å²) in [5, 5.41) is 4.65. The number of hydrogen-bond acceptors (Lipinski definition) is 3. The van der Waals surface area contributed by atoms with Crippen LogP contribution < -0.4 is 5.32 Å². The highest BCUT2D eigenvalue weighted by Gasteiger charge is 2.18. The molecule has 1 aliphatic carbocycles. The van der Waals surface area contributed by atoms with Crippen molar-refractivity contribution in [1.29, 1.82) is 0 Å². The normalized spacial score (nSPS) is 20.6. The van der Waals surface area contributed by atoms with Gasteiger partial charge in [-0.25, -0.2) is 4.98 Å². The molecule has 0 aromatic carbocycles. The fraction of sp³-hybridized carbons (Fsp3) is 0.769. The molecule has 1 fully saturated rings. The maximum atomic E-state index is 4.63. The topological polar surface area (TPSA) is 24.9 Å². The molecule has 1 aromatic rings. The maximum Gasteiger partial charge on any atom is 0.0959 e. The highest BCUT2D eigenvalue weighted by Crippen LogP contribution is 2.34. The standard InChI is InChI=1S/C13H22N2S/c1-10(14-2)12-9-15-13(16-12)11-7-5-3-4-6-8-11/h9-11,14H,3-8H2,1-2H3. The van der Waals surface area contributed by atoms with E-state index in [-0.39, 0.29) is 0 Å². The lowest BCUT2D eigenvalue weighted by Crippen LogP contribution is -2.10. The fourth-order valence-corrected chi connectivity index (χ4v) is 3.51. The lowest BCUT2D eigenvalue weighted by Gasteiger charge is -2.10. The first-order chi connectivity index (χ1) is 7.81. The number of nitrogens with zero attached hydrogens (tertiary/aromatic N) is 1. The van der Waals surface area contributed by atoms with Gasteiger partial charge in [-0.15, -0.1) is 11.3 Å². The van der Waals surface area contributed by atoms with E-state index in [1.165, 1.54) is 48.4 Å². The van der Waals surface area contributed by atoms with Crippen LogP contribution in [-0.4, -0.2) is 12.0 Å². The molecule has 1 aliphatic rings. The summed E-state index contributed by atoms with van der Waals surface area (Å²) in [6.45, 7) is 2.20. The Hall–Kier alpha value is -0.410. The molecule has 1 unspecified atom stereocenters. The fourth-order valence-electron chi connectivity index (χ4n) is 2.36. The van der Waals surface area contributed by atoms with Gasteiger partial charge in [-0.1, -0.05) is 25.7 Å². The van der Waals surface area contributed by atoms with Crippen LogP contribution in [0.2, 0.25) is 0 Å². The highest BCUT2D eigenvalue weighted by atomic mass is 32.1. The molecule has 0 radical (unpaired) electrons. The number of thiazole rings is 1. The van der Waals surface area contributed by atoms with E-state index in [1.54, 1.807) is 0 Å². The van der Waals surface area contributed by atoms with Crippen LogP contribution in [0.3, 0.4) is 0 Å². The second kappa shape index (κ2) is 5.78. The molecule has 0 aliphatic heterocycles. The Labute approximate surface area is 102 Å². The smallest absolute Gasteiger partial charge is 0.0959 e. The van der Waals surface area contributed by atoms with Gasteiger partial charge in [0.05, 0.1) is 5.01 Å². The Balaban J connectivity index is 2.05. The molecule has 1 aromatic heterocycles. The largest absolute Gasteiger partial charge is 0.312 e. The van der Waals surface area contributed by atoms with Crippen LogP contribution in [0.25, 0.3) is 0 Å². The zero-order valence-electron chi connectivity index (χ0n) is 10.3.